The van der Waals surface area contributed by atoms with Gasteiger partial charge in [0.15, 0.2) is 0 Å². The van der Waals surface area contributed by atoms with Crippen LogP contribution in [0.25, 0.3) is 0 Å². The van der Waals surface area contributed by atoms with Crippen LogP contribution in [0.15, 0.2) is 72.9 Å². The van der Waals surface area contributed by atoms with Crippen molar-refractivity contribution in [3.63, 3.8) is 0 Å². The number of benzene rings is 2. The highest BCUT2D eigenvalue weighted by Crippen LogP contribution is 2.13. The third-order valence-electron chi connectivity index (χ3n) is 3.93. The standard InChI is InChI=1S/C21H20ClN3O/c22-18-10-8-17(9-11-18)21(26)25-20-13-12-19(15-24-20)23-14-4-7-16-5-2-1-3-6-16/h1-3,5-6,8-13,15,23H,4,7,14H2,(H,24,25,26). The highest BCUT2D eigenvalue weighted by atomic mass is 35.5. The largest absolute Gasteiger partial charge is 0.384 e. The molecule has 0 fully saturated rings. The molecule has 2 N–H and O–H groups in total. The maximum Gasteiger partial charge on any atom is 0.256 e. The summed E-state index contributed by atoms with van der Waals surface area (Å²) in [5.41, 5.74) is 2.81. The molecular formula is C21H20ClN3O. The smallest absolute Gasteiger partial charge is 0.256 e. The lowest BCUT2D eigenvalue weighted by atomic mass is 10.1. The van der Waals surface area contributed by atoms with Gasteiger partial charge in [0, 0.05) is 17.1 Å². The highest BCUT2D eigenvalue weighted by molar-refractivity contribution is 6.30. The van der Waals surface area contributed by atoms with Crippen LogP contribution in [-0.2, 0) is 6.42 Å². The number of hydrogen-bond donors (Lipinski definition) is 2. The average Bonchev–Trinajstić information content (AvgIpc) is 2.68. The number of amides is 1. The molecule has 0 bridgehead atoms. The van der Waals surface area contributed by atoms with E-state index in [-0.39, 0.29) is 5.91 Å². The predicted molar refractivity (Wildman–Crippen MR) is 107 cm³/mol. The molecule has 0 saturated heterocycles. The first kappa shape index (κ1) is 18.0. The first-order valence-corrected chi connectivity index (χ1v) is 8.89. The van der Waals surface area contributed by atoms with Crippen LogP contribution < -0.4 is 10.6 Å². The molecule has 0 aliphatic heterocycles. The van der Waals surface area contributed by atoms with Gasteiger partial charge in [-0.3, -0.25) is 4.79 Å². The van der Waals surface area contributed by atoms with Gasteiger partial charge in [-0.1, -0.05) is 41.9 Å². The second-order valence-electron chi connectivity index (χ2n) is 5.91. The fraction of sp³-hybridized carbons (Fsp3) is 0.143. The number of carbonyl (C=O) groups is 1. The predicted octanol–water partition coefficient (Wildman–Crippen LogP) is 5.03. The molecule has 1 aromatic heterocycles. The number of anilines is 2. The first-order valence-electron chi connectivity index (χ1n) is 8.51. The molecule has 2 aromatic carbocycles. The van der Waals surface area contributed by atoms with Crippen LogP contribution in [-0.4, -0.2) is 17.4 Å². The fourth-order valence-electron chi connectivity index (χ4n) is 2.53. The van der Waals surface area contributed by atoms with E-state index in [4.69, 9.17) is 11.6 Å². The Bertz CT molecular complexity index is 833. The molecule has 3 aromatic rings. The number of hydrogen-bond acceptors (Lipinski definition) is 3. The maximum atomic E-state index is 12.1. The van der Waals surface area contributed by atoms with Crippen LogP contribution in [0.2, 0.25) is 5.02 Å². The molecule has 0 unspecified atom stereocenters. The van der Waals surface area contributed by atoms with E-state index in [2.05, 4.69) is 39.9 Å². The second-order valence-corrected chi connectivity index (χ2v) is 6.35. The number of aryl methyl sites for hydroxylation is 1. The van der Waals surface area contributed by atoms with E-state index in [1.807, 2.05) is 12.1 Å². The van der Waals surface area contributed by atoms with E-state index >= 15 is 0 Å². The van der Waals surface area contributed by atoms with Crippen molar-refractivity contribution in [1.82, 2.24) is 4.98 Å². The molecule has 0 radical (unpaired) electrons. The Morgan fingerprint density at radius 1 is 0.962 bits per heavy atom. The third kappa shape index (κ3) is 5.33. The zero-order valence-electron chi connectivity index (χ0n) is 14.3. The number of halogens is 1. The van der Waals surface area contributed by atoms with Crippen LogP contribution >= 0.6 is 11.6 Å². The van der Waals surface area contributed by atoms with Crippen LogP contribution in [0, 0.1) is 0 Å². The highest BCUT2D eigenvalue weighted by Gasteiger charge is 2.06. The average molecular weight is 366 g/mol. The molecule has 0 spiro atoms. The Labute approximate surface area is 158 Å². The van der Waals surface area contributed by atoms with E-state index < -0.39 is 0 Å². The Balaban J connectivity index is 1.45. The first-order chi connectivity index (χ1) is 12.7. The molecule has 1 amide bonds. The molecule has 5 heteroatoms. The summed E-state index contributed by atoms with van der Waals surface area (Å²) in [5.74, 6) is 0.303. The molecule has 1 heterocycles. The maximum absolute atomic E-state index is 12.1. The van der Waals surface area contributed by atoms with Crippen molar-refractivity contribution in [3.8, 4) is 0 Å². The lowest BCUT2D eigenvalue weighted by molar-refractivity contribution is 0.102. The molecule has 4 nitrogen and oxygen atoms in total. The van der Waals surface area contributed by atoms with Gasteiger partial charge in [-0.25, -0.2) is 4.98 Å². The Morgan fingerprint density at radius 2 is 1.73 bits per heavy atom. The van der Waals surface area contributed by atoms with E-state index in [1.165, 1.54) is 5.56 Å². The summed E-state index contributed by atoms with van der Waals surface area (Å²) in [6, 6.07) is 20.9. The van der Waals surface area contributed by atoms with Crippen molar-refractivity contribution in [1.29, 1.82) is 0 Å². The molecule has 0 saturated carbocycles. The second kappa shape index (κ2) is 9.02. The third-order valence-corrected chi connectivity index (χ3v) is 4.18. The van der Waals surface area contributed by atoms with Gasteiger partial charge in [0.1, 0.15) is 5.82 Å². The minimum absolute atomic E-state index is 0.210. The Hall–Kier alpha value is -2.85. The number of rotatable bonds is 7. The number of pyridine rings is 1. The molecule has 0 aliphatic carbocycles. The van der Waals surface area contributed by atoms with Gasteiger partial charge in [0.25, 0.3) is 5.91 Å². The number of carbonyl (C=O) groups excluding carboxylic acids is 1. The van der Waals surface area contributed by atoms with Crippen molar-refractivity contribution >= 4 is 29.0 Å². The minimum Gasteiger partial charge on any atom is -0.384 e. The number of aromatic nitrogens is 1. The minimum atomic E-state index is -0.210. The summed E-state index contributed by atoms with van der Waals surface area (Å²) in [6.07, 6.45) is 3.80. The molecule has 26 heavy (non-hydrogen) atoms. The summed E-state index contributed by atoms with van der Waals surface area (Å²) < 4.78 is 0. The summed E-state index contributed by atoms with van der Waals surface area (Å²) in [7, 11) is 0. The van der Waals surface area contributed by atoms with Gasteiger partial charge < -0.3 is 10.6 Å². The lowest BCUT2D eigenvalue weighted by Crippen LogP contribution is -2.13. The Morgan fingerprint density at radius 3 is 2.42 bits per heavy atom. The molecule has 3 rings (SSSR count). The zero-order valence-corrected chi connectivity index (χ0v) is 15.0. The van der Waals surface area contributed by atoms with Crippen LogP contribution in [0.5, 0.6) is 0 Å². The van der Waals surface area contributed by atoms with E-state index in [0.29, 0.717) is 16.4 Å². The van der Waals surface area contributed by atoms with Crippen molar-refractivity contribution in [2.75, 3.05) is 17.2 Å². The van der Waals surface area contributed by atoms with E-state index in [9.17, 15) is 4.79 Å². The van der Waals surface area contributed by atoms with Gasteiger partial charge >= 0.3 is 0 Å². The quantitative estimate of drug-likeness (QED) is 0.577. The van der Waals surface area contributed by atoms with E-state index in [0.717, 1.165) is 25.1 Å². The fourth-order valence-corrected chi connectivity index (χ4v) is 2.66. The van der Waals surface area contributed by atoms with Crippen molar-refractivity contribution in [3.05, 3.63) is 89.1 Å². The van der Waals surface area contributed by atoms with Crippen molar-refractivity contribution in [2.24, 2.45) is 0 Å². The van der Waals surface area contributed by atoms with Crippen LogP contribution in [0.4, 0.5) is 11.5 Å². The van der Waals surface area contributed by atoms with E-state index in [1.54, 1.807) is 36.5 Å². The molecular weight excluding hydrogens is 346 g/mol. The summed E-state index contributed by atoms with van der Waals surface area (Å²) in [6.45, 7) is 0.868. The number of nitrogens with one attached hydrogen (secondary N) is 2. The lowest BCUT2D eigenvalue weighted by Gasteiger charge is -2.08. The van der Waals surface area contributed by atoms with Gasteiger partial charge in [-0.15, -0.1) is 0 Å². The SMILES string of the molecule is O=C(Nc1ccc(NCCCc2ccccc2)cn1)c1ccc(Cl)cc1. The topological polar surface area (TPSA) is 54.0 Å². The van der Waals surface area contributed by atoms with Gasteiger partial charge in [-0.05, 0) is 54.8 Å². The molecule has 0 aliphatic rings. The molecule has 0 atom stereocenters. The number of nitrogens with zero attached hydrogens (tertiary/aromatic N) is 1. The van der Waals surface area contributed by atoms with Crippen molar-refractivity contribution < 1.29 is 4.79 Å². The van der Waals surface area contributed by atoms with Crippen LogP contribution in [0.3, 0.4) is 0 Å². The summed E-state index contributed by atoms with van der Waals surface area (Å²) in [4.78, 5) is 16.4. The summed E-state index contributed by atoms with van der Waals surface area (Å²) >= 11 is 5.83. The molecule has 132 valence electrons. The Kier molecular flexibility index (Phi) is 6.23. The van der Waals surface area contributed by atoms with Gasteiger partial charge in [0.2, 0.25) is 0 Å². The zero-order chi connectivity index (χ0) is 18.2. The van der Waals surface area contributed by atoms with Crippen LogP contribution in [0.1, 0.15) is 22.3 Å². The van der Waals surface area contributed by atoms with Gasteiger partial charge in [-0.2, -0.15) is 0 Å². The van der Waals surface area contributed by atoms with Crippen molar-refractivity contribution in [2.45, 2.75) is 12.8 Å². The summed E-state index contributed by atoms with van der Waals surface area (Å²) in [5, 5.41) is 6.72. The monoisotopic (exact) mass is 365 g/mol. The normalized spacial score (nSPS) is 10.3. The van der Waals surface area contributed by atoms with Gasteiger partial charge in [0.05, 0.1) is 11.9 Å².